The number of benzene rings is 2. The number of carbonyl (C=O) groups is 2. The summed E-state index contributed by atoms with van der Waals surface area (Å²) in [5, 5.41) is 2.81. The highest BCUT2D eigenvalue weighted by Gasteiger charge is 2.38. The molecule has 0 bridgehead atoms. The number of nitrogens with zero attached hydrogens (tertiary/aromatic N) is 2. The highest BCUT2D eigenvalue weighted by Crippen LogP contribution is 2.28. The van der Waals surface area contributed by atoms with Crippen LogP contribution in [0, 0.1) is 29.2 Å². The molecular weight excluding hydrogens is 434 g/mol. The van der Waals surface area contributed by atoms with Crippen molar-refractivity contribution in [3.8, 4) is 0 Å². The lowest BCUT2D eigenvalue weighted by Gasteiger charge is -2.16. The van der Waals surface area contributed by atoms with E-state index >= 15 is 0 Å². The first-order valence-electron chi connectivity index (χ1n) is 9.28. The Morgan fingerprint density at radius 3 is 2.65 bits per heavy atom. The van der Waals surface area contributed by atoms with Gasteiger partial charge >= 0.3 is 0 Å². The second kappa shape index (κ2) is 8.46. The van der Waals surface area contributed by atoms with Crippen molar-refractivity contribution in [2.24, 2.45) is 5.92 Å². The lowest BCUT2D eigenvalue weighted by molar-refractivity contribution is -0.129. The van der Waals surface area contributed by atoms with Gasteiger partial charge in [-0.2, -0.15) is 0 Å². The summed E-state index contributed by atoms with van der Waals surface area (Å²) >= 11 is 1.11. The van der Waals surface area contributed by atoms with Gasteiger partial charge in [0.1, 0.15) is 17.6 Å². The molecule has 0 aliphatic carbocycles. The van der Waals surface area contributed by atoms with Crippen LogP contribution in [0.3, 0.4) is 0 Å². The molecule has 5 nitrogen and oxygen atoms in total. The van der Waals surface area contributed by atoms with E-state index in [0.717, 1.165) is 35.6 Å². The van der Waals surface area contributed by atoms with E-state index in [1.165, 1.54) is 23.2 Å². The number of hydrogen-bond donors (Lipinski definition) is 1. The summed E-state index contributed by atoms with van der Waals surface area (Å²) < 4.78 is 53.4. The topological polar surface area (TPSA) is 62.3 Å². The van der Waals surface area contributed by atoms with Gasteiger partial charge in [-0.1, -0.05) is 6.07 Å². The van der Waals surface area contributed by atoms with Crippen LogP contribution in [0.1, 0.15) is 16.9 Å². The summed E-state index contributed by atoms with van der Waals surface area (Å²) in [6.45, 7) is 0.189. The summed E-state index contributed by atoms with van der Waals surface area (Å²) in [4.78, 5) is 31.1. The first-order valence-corrected chi connectivity index (χ1v) is 10.1. The van der Waals surface area contributed by atoms with Crippen LogP contribution in [0.15, 0.2) is 42.6 Å². The molecular formula is C21H15F4N3O2S. The standard InChI is InChI=1S/C21H15F4N3O2S/c22-12-2-1-11(17(24)8-12)7-14-10-26-21(31-14)27-19(29)15-5-6-28(20(15)30)13-3-4-16(23)18(25)9-13/h1-4,8-10,15H,5-7H2,(H,26,27,29)/t15-/m0/s1. The third-order valence-electron chi connectivity index (χ3n) is 4.90. The van der Waals surface area contributed by atoms with E-state index in [-0.39, 0.29) is 35.8 Å². The Hall–Kier alpha value is -3.27. The van der Waals surface area contributed by atoms with Crippen molar-refractivity contribution in [3.63, 3.8) is 0 Å². The summed E-state index contributed by atoms with van der Waals surface area (Å²) in [7, 11) is 0. The molecule has 0 saturated carbocycles. The van der Waals surface area contributed by atoms with E-state index in [9.17, 15) is 27.2 Å². The Bertz CT molecular complexity index is 1170. The van der Waals surface area contributed by atoms with Gasteiger partial charge in [0.2, 0.25) is 11.8 Å². The minimum Gasteiger partial charge on any atom is -0.312 e. The predicted octanol–water partition coefficient (Wildman–Crippen LogP) is 4.28. The average Bonchev–Trinajstić information content (AvgIpc) is 3.32. The molecule has 0 unspecified atom stereocenters. The molecule has 0 spiro atoms. The molecule has 2 heterocycles. The van der Waals surface area contributed by atoms with Crippen molar-refractivity contribution in [3.05, 3.63) is 76.3 Å². The SMILES string of the molecule is O=C(Nc1ncc(Cc2ccc(F)cc2F)s1)[C@@H]1CCN(c2ccc(F)c(F)c2)C1=O. The lowest BCUT2D eigenvalue weighted by Crippen LogP contribution is -2.33. The molecule has 1 atom stereocenters. The summed E-state index contributed by atoms with van der Waals surface area (Å²) in [5.74, 6) is -5.52. The largest absolute Gasteiger partial charge is 0.312 e. The van der Waals surface area contributed by atoms with Gasteiger partial charge in [-0.25, -0.2) is 22.5 Å². The Kier molecular flexibility index (Phi) is 5.73. The third kappa shape index (κ3) is 4.43. The third-order valence-corrected chi connectivity index (χ3v) is 5.81. The van der Waals surface area contributed by atoms with Crippen LogP contribution in [-0.4, -0.2) is 23.3 Å². The van der Waals surface area contributed by atoms with Crippen molar-refractivity contribution in [2.45, 2.75) is 12.8 Å². The minimum absolute atomic E-state index is 0.173. The normalized spacial score (nSPS) is 16.1. The van der Waals surface area contributed by atoms with Crippen molar-refractivity contribution in [1.82, 2.24) is 4.98 Å². The van der Waals surface area contributed by atoms with Gasteiger partial charge in [0.05, 0.1) is 0 Å². The molecule has 0 radical (unpaired) electrons. The number of aromatic nitrogens is 1. The Labute approximate surface area is 178 Å². The summed E-state index contributed by atoms with van der Waals surface area (Å²) in [6, 6.07) is 6.41. The second-order valence-corrected chi connectivity index (χ2v) is 8.08. The van der Waals surface area contributed by atoms with Gasteiger partial charge in [0.25, 0.3) is 0 Å². The van der Waals surface area contributed by atoms with Gasteiger partial charge in [-0.05, 0) is 30.2 Å². The van der Waals surface area contributed by atoms with Crippen molar-refractivity contribution >= 4 is 34.0 Å². The van der Waals surface area contributed by atoms with Gasteiger partial charge in [0, 0.05) is 41.9 Å². The second-order valence-electron chi connectivity index (χ2n) is 6.96. The minimum atomic E-state index is -1.08. The Morgan fingerprint density at radius 1 is 1.10 bits per heavy atom. The molecule has 1 aromatic heterocycles. The number of anilines is 2. The van der Waals surface area contributed by atoms with E-state index < -0.39 is 41.0 Å². The van der Waals surface area contributed by atoms with E-state index in [1.54, 1.807) is 0 Å². The zero-order chi connectivity index (χ0) is 22.1. The molecule has 1 aliphatic rings. The number of carbonyl (C=O) groups excluding carboxylic acids is 2. The quantitative estimate of drug-likeness (QED) is 0.467. The fourth-order valence-corrected chi connectivity index (χ4v) is 4.16. The molecule has 2 amide bonds. The van der Waals surface area contributed by atoms with Crippen LogP contribution in [0.5, 0.6) is 0 Å². The first-order chi connectivity index (χ1) is 14.8. The van der Waals surface area contributed by atoms with Crippen LogP contribution in [0.4, 0.5) is 28.4 Å². The number of thiazole rings is 1. The zero-order valence-electron chi connectivity index (χ0n) is 15.9. The maximum atomic E-state index is 13.8. The van der Waals surface area contributed by atoms with E-state index in [2.05, 4.69) is 10.3 Å². The molecule has 160 valence electrons. The molecule has 1 N–H and O–H groups in total. The highest BCUT2D eigenvalue weighted by atomic mass is 32.1. The maximum absolute atomic E-state index is 13.8. The molecule has 1 aliphatic heterocycles. The first kappa shape index (κ1) is 21.0. The molecule has 31 heavy (non-hydrogen) atoms. The number of amides is 2. The van der Waals surface area contributed by atoms with Crippen molar-refractivity contribution < 1.29 is 27.2 Å². The lowest BCUT2D eigenvalue weighted by atomic mass is 10.1. The van der Waals surface area contributed by atoms with E-state index in [1.807, 2.05) is 0 Å². The van der Waals surface area contributed by atoms with Gasteiger partial charge in [-0.3, -0.25) is 9.59 Å². The Balaban J connectivity index is 1.41. The monoisotopic (exact) mass is 449 g/mol. The van der Waals surface area contributed by atoms with Crippen LogP contribution >= 0.6 is 11.3 Å². The van der Waals surface area contributed by atoms with Crippen LogP contribution < -0.4 is 10.2 Å². The van der Waals surface area contributed by atoms with Gasteiger partial charge in [0.15, 0.2) is 16.8 Å². The van der Waals surface area contributed by atoms with E-state index in [4.69, 9.17) is 0 Å². The fourth-order valence-electron chi connectivity index (χ4n) is 3.32. The van der Waals surface area contributed by atoms with Gasteiger partial charge in [-0.15, -0.1) is 11.3 Å². The zero-order valence-corrected chi connectivity index (χ0v) is 16.7. The van der Waals surface area contributed by atoms with Crippen LogP contribution in [-0.2, 0) is 16.0 Å². The number of halogens is 4. The maximum Gasteiger partial charge on any atom is 0.239 e. The predicted molar refractivity (Wildman–Crippen MR) is 107 cm³/mol. The van der Waals surface area contributed by atoms with Gasteiger partial charge < -0.3 is 10.2 Å². The van der Waals surface area contributed by atoms with Crippen LogP contribution in [0.25, 0.3) is 0 Å². The average molecular weight is 449 g/mol. The summed E-state index contributed by atoms with van der Waals surface area (Å²) in [6.07, 6.45) is 1.85. The number of nitrogens with one attached hydrogen (secondary N) is 1. The Morgan fingerprint density at radius 2 is 1.90 bits per heavy atom. The number of hydrogen-bond acceptors (Lipinski definition) is 4. The van der Waals surface area contributed by atoms with Crippen molar-refractivity contribution in [1.29, 1.82) is 0 Å². The smallest absolute Gasteiger partial charge is 0.239 e. The molecule has 1 saturated heterocycles. The van der Waals surface area contributed by atoms with Crippen LogP contribution in [0.2, 0.25) is 0 Å². The van der Waals surface area contributed by atoms with Crippen molar-refractivity contribution in [2.75, 3.05) is 16.8 Å². The fraction of sp³-hybridized carbons (Fsp3) is 0.190. The summed E-state index contributed by atoms with van der Waals surface area (Å²) in [5.41, 5.74) is 0.466. The molecule has 3 aromatic rings. The molecule has 4 rings (SSSR count). The molecule has 1 fully saturated rings. The molecule has 10 heteroatoms. The highest BCUT2D eigenvalue weighted by molar-refractivity contribution is 7.15. The number of rotatable bonds is 5. The molecule has 2 aromatic carbocycles. The van der Waals surface area contributed by atoms with E-state index in [0.29, 0.717) is 4.88 Å².